The Morgan fingerprint density at radius 2 is 2.08 bits per heavy atom. The molecule has 2 aromatic carbocycles. The third-order valence-electron chi connectivity index (χ3n) is 3.54. The van der Waals surface area contributed by atoms with Crippen LogP contribution in [0.25, 0.3) is 0 Å². The minimum atomic E-state index is -0.637. The molecule has 2 amide bonds. The van der Waals surface area contributed by atoms with Crippen LogP contribution in [0, 0.1) is 5.82 Å². The number of amides is 2. The molecule has 0 aliphatic carbocycles. The lowest BCUT2D eigenvalue weighted by atomic mass is 10.2. The van der Waals surface area contributed by atoms with Crippen molar-refractivity contribution >= 4 is 34.8 Å². The van der Waals surface area contributed by atoms with Crippen LogP contribution < -0.4 is 15.0 Å². The highest BCUT2D eigenvalue weighted by atomic mass is 35.5. The molecule has 0 saturated carbocycles. The number of carbonyl (C=O) groups excluding carboxylic acids is 2. The topological polar surface area (TPSA) is 58.6 Å². The highest BCUT2D eigenvalue weighted by Gasteiger charge is 2.25. The zero-order valence-corrected chi connectivity index (χ0v) is 13.3. The van der Waals surface area contributed by atoms with E-state index in [2.05, 4.69) is 5.32 Å². The Morgan fingerprint density at radius 1 is 1.29 bits per heavy atom. The zero-order valence-electron chi connectivity index (χ0n) is 12.6. The first kappa shape index (κ1) is 16.3. The summed E-state index contributed by atoms with van der Waals surface area (Å²) in [6.07, 6.45) is 0.164. The zero-order chi connectivity index (χ0) is 17.1. The van der Waals surface area contributed by atoms with Crippen molar-refractivity contribution in [3.05, 3.63) is 53.3 Å². The van der Waals surface area contributed by atoms with E-state index in [-0.39, 0.29) is 36.2 Å². The summed E-state index contributed by atoms with van der Waals surface area (Å²) in [6, 6.07) is 10.9. The summed E-state index contributed by atoms with van der Waals surface area (Å²) in [6.45, 7) is 0.0149. The Labute approximate surface area is 143 Å². The summed E-state index contributed by atoms with van der Waals surface area (Å²) in [5.41, 5.74) is 0.530. The van der Waals surface area contributed by atoms with Crippen molar-refractivity contribution in [2.75, 3.05) is 23.4 Å². The first-order valence-electron chi connectivity index (χ1n) is 7.31. The number of ether oxygens (including phenoxy) is 1. The number of hydrogen-bond donors (Lipinski definition) is 1. The number of anilines is 2. The van der Waals surface area contributed by atoms with E-state index in [9.17, 15) is 14.0 Å². The number of para-hydroxylation sites is 2. The Balaban J connectivity index is 1.79. The summed E-state index contributed by atoms with van der Waals surface area (Å²) in [4.78, 5) is 25.8. The van der Waals surface area contributed by atoms with Crippen molar-refractivity contribution in [3.63, 3.8) is 0 Å². The van der Waals surface area contributed by atoms with Gasteiger partial charge in [-0.05, 0) is 30.3 Å². The number of fused-ring (bicyclic) bond motifs is 1. The second kappa shape index (κ2) is 6.88. The van der Waals surface area contributed by atoms with Gasteiger partial charge in [0.15, 0.2) is 0 Å². The van der Waals surface area contributed by atoms with Crippen molar-refractivity contribution in [3.8, 4) is 5.75 Å². The maximum Gasteiger partial charge on any atom is 0.244 e. The van der Waals surface area contributed by atoms with E-state index < -0.39 is 11.7 Å². The molecule has 5 nitrogen and oxygen atoms in total. The summed E-state index contributed by atoms with van der Waals surface area (Å²) < 4.78 is 19.3. The van der Waals surface area contributed by atoms with Gasteiger partial charge < -0.3 is 10.1 Å². The second-order valence-corrected chi connectivity index (χ2v) is 5.65. The summed E-state index contributed by atoms with van der Waals surface area (Å²) in [5.74, 6) is -0.844. The number of hydrogen-bond acceptors (Lipinski definition) is 3. The van der Waals surface area contributed by atoms with Crippen molar-refractivity contribution in [2.45, 2.75) is 6.42 Å². The standard InChI is InChI=1S/C17H14ClFN2O3/c18-11-5-6-13(12(19)9-11)20-16(22)10-21-14-3-1-2-4-15(14)24-8-7-17(21)23/h1-6,9H,7-8,10H2,(H,20,22). The van der Waals surface area contributed by atoms with Gasteiger partial charge in [-0.25, -0.2) is 4.39 Å². The maximum absolute atomic E-state index is 13.8. The van der Waals surface area contributed by atoms with Crippen molar-refractivity contribution in [1.82, 2.24) is 0 Å². The molecule has 0 aromatic heterocycles. The molecule has 1 N–H and O–H groups in total. The van der Waals surface area contributed by atoms with Gasteiger partial charge in [0, 0.05) is 5.02 Å². The highest BCUT2D eigenvalue weighted by molar-refractivity contribution is 6.30. The Kier molecular flexibility index (Phi) is 4.66. The first-order valence-corrected chi connectivity index (χ1v) is 7.69. The molecule has 0 fully saturated rings. The van der Waals surface area contributed by atoms with Crippen molar-refractivity contribution < 1.29 is 18.7 Å². The van der Waals surface area contributed by atoms with Crippen LogP contribution in [-0.4, -0.2) is 25.0 Å². The molecule has 24 heavy (non-hydrogen) atoms. The molecule has 0 bridgehead atoms. The van der Waals surface area contributed by atoms with Crippen LogP contribution in [0.5, 0.6) is 5.75 Å². The van der Waals surface area contributed by atoms with Gasteiger partial charge in [0.05, 0.1) is 24.4 Å². The van der Waals surface area contributed by atoms with Crippen LogP contribution >= 0.6 is 11.6 Å². The minimum Gasteiger partial charge on any atom is -0.491 e. The van der Waals surface area contributed by atoms with E-state index in [0.29, 0.717) is 11.4 Å². The predicted octanol–water partition coefficient (Wildman–Crippen LogP) is 3.23. The van der Waals surface area contributed by atoms with Crippen molar-refractivity contribution in [1.29, 1.82) is 0 Å². The van der Waals surface area contributed by atoms with Gasteiger partial charge in [-0.1, -0.05) is 23.7 Å². The van der Waals surface area contributed by atoms with E-state index in [1.165, 1.54) is 17.0 Å². The molecule has 1 aliphatic rings. The number of nitrogens with one attached hydrogen (secondary N) is 1. The van der Waals surface area contributed by atoms with E-state index in [0.717, 1.165) is 6.07 Å². The first-order chi connectivity index (χ1) is 11.5. The minimum absolute atomic E-state index is 0.0104. The largest absolute Gasteiger partial charge is 0.491 e. The molecule has 0 unspecified atom stereocenters. The van der Waals surface area contributed by atoms with Gasteiger partial charge >= 0.3 is 0 Å². The Morgan fingerprint density at radius 3 is 2.88 bits per heavy atom. The van der Waals surface area contributed by atoms with Crippen LogP contribution in [0.3, 0.4) is 0 Å². The van der Waals surface area contributed by atoms with Crippen LogP contribution in [-0.2, 0) is 9.59 Å². The quantitative estimate of drug-likeness (QED) is 0.926. The SMILES string of the molecule is O=C(CN1C(=O)CCOc2ccccc21)Nc1ccc(Cl)cc1F. The number of carbonyl (C=O) groups is 2. The molecule has 3 rings (SSSR count). The molecule has 1 heterocycles. The van der Waals surface area contributed by atoms with E-state index in [1.807, 2.05) is 0 Å². The Bertz CT molecular complexity index is 797. The lowest BCUT2D eigenvalue weighted by Crippen LogP contribution is -2.37. The molecule has 7 heteroatoms. The van der Waals surface area contributed by atoms with Gasteiger partial charge in [-0.2, -0.15) is 0 Å². The average molecular weight is 349 g/mol. The normalized spacial score (nSPS) is 13.8. The number of halogens is 2. The van der Waals surface area contributed by atoms with Crippen LogP contribution in [0.4, 0.5) is 15.8 Å². The van der Waals surface area contributed by atoms with Crippen LogP contribution in [0.15, 0.2) is 42.5 Å². The van der Waals surface area contributed by atoms with E-state index >= 15 is 0 Å². The third kappa shape index (κ3) is 3.49. The molecule has 1 aliphatic heterocycles. The van der Waals surface area contributed by atoms with Gasteiger partial charge in [-0.15, -0.1) is 0 Å². The second-order valence-electron chi connectivity index (χ2n) is 5.22. The molecular formula is C17H14ClFN2O3. The van der Waals surface area contributed by atoms with Gasteiger partial charge in [0.2, 0.25) is 11.8 Å². The molecule has 0 radical (unpaired) electrons. The lowest BCUT2D eigenvalue weighted by Gasteiger charge is -2.21. The Hall–Kier alpha value is -2.60. The van der Waals surface area contributed by atoms with Gasteiger partial charge in [-0.3, -0.25) is 14.5 Å². The smallest absolute Gasteiger partial charge is 0.244 e. The fourth-order valence-electron chi connectivity index (χ4n) is 2.42. The van der Waals surface area contributed by atoms with E-state index in [4.69, 9.17) is 16.3 Å². The molecule has 0 saturated heterocycles. The van der Waals surface area contributed by atoms with Gasteiger partial charge in [0.25, 0.3) is 0 Å². The molecule has 2 aromatic rings. The fraction of sp³-hybridized carbons (Fsp3) is 0.176. The summed E-state index contributed by atoms with van der Waals surface area (Å²) in [5, 5.41) is 2.68. The molecule has 0 spiro atoms. The van der Waals surface area contributed by atoms with Crippen molar-refractivity contribution in [2.24, 2.45) is 0 Å². The number of benzene rings is 2. The van der Waals surface area contributed by atoms with E-state index in [1.54, 1.807) is 24.3 Å². The third-order valence-corrected chi connectivity index (χ3v) is 3.77. The summed E-state index contributed by atoms with van der Waals surface area (Å²) in [7, 11) is 0. The summed E-state index contributed by atoms with van der Waals surface area (Å²) >= 11 is 5.68. The molecular weight excluding hydrogens is 335 g/mol. The maximum atomic E-state index is 13.8. The molecule has 124 valence electrons. The monoisotopic (exact) mass is 348 g/mol. The predicted molar refractivity (Wildman–Crippen MR) is 88.9 cm³/mol. The number of rotatable bonds is 3. The lowest BCUT2D eigenvalue weighted by molar-refractivity contribution is -0.121. The highest BCUT2D eigenvalue weighted by Crippen LogP contribution is 2.30. The number of nitrogens with zero attached hydrogens (tertiary/aromatic N) is 1. The fourth-order valence-corrected chi connectivity index (χ4v) is 2.58. The molecule has 0 atom stereocenters. The van der Waals surface area contributed by atoms with Crippen LogP contribution in [0.1, 0.15) is 6.42 Å². The van der Waals surface area contributed by atoms with Gasteiger partial charge in [0.1, 0.15) is 18.1 Å². The average Bonchev–Trinajstić information content (AvgIpc) is 2.70. The van der Waals surface area contributed by atoms with Crippen LogP contribution in [0.2, 0.25) is 5.02 Å².